The molecule has 0 aliphatic carbocycles. The Morgan fingerprint density at radius 2 is 2.08 bits per heavy atom. The van der Waals surface area contributed by atoms with Crippen LogP contribution in [0.2, 0.25) is 0 Å². The molecular weight excluding hydrogens is 190 g/mol. The average Bonchev–Trinajstić information content (AvgIpc) is 2.00. The zero-order valence-electron chi connectivity index (χ0n) is 6.31. The molecule has 1 aromatic heterocycles. The molecule has 0 radical (unpaired) electrons. The lowest BCUT2D eigenvalue weighted by atomic mass is 10.4. The second kappa shape index (κ2) is 3.59. The van der Waals surface area contributed by atoms with Gasteiger partial charge in [0.15, 0.2) is 6.61 Å². The number of alkyl halides is 3. The van der Waals surface area contributed by atoms with E-state index in [0.29, 0.717) is 0 Å². The van der Waals surface area contributed by atoms with Gasteiger partial charge >= 0.3 is 6.18 Å². The third kappa shape index (κ3) is 3.73. The van der Waals surface area contributed by atoms with E-state index in [2.05, 4.69) is 9.72 Å². The van der Waals surface area contributed by atoms with Gasteiger partial charge in [-0.15, -0.1) is 0 Å². The Kier molecular flexibility index (Phi) is 2.69. The SMILES string of the molecule is Fc1cc(OCC(F)(F)F)ccn1. The molecule has 1 aromatic rings. The molecule has 13 heavy (non-hydrogen) atoms. The van der Waals surface area contributed by atoms with Crippen LogP contribution in [0.3, 0.4) is 0 Å². The van der Waals surface area contributed by atoms with Gasteiger partial charge in [0, 0.05) is 12.3 Å². The number of nitrogens with zero attached hydrogens (tertiary/aromatic N) is 1. The predicted molar refractivity (Wildman–Crippen MR) is 35.7 cm³/mol. The number of ether oxygens (including phenoxy) is 1. The van der Waals surface area contributed by atoms with Crippen molar-refractivity contribution < 1.29 is 22.3 Å². The second-order valence-corrected chi connectivity index (χ2v) is 2.22. The van der Waals surface area contributed by atoms with Gasteiger partial charge in [0.05, 0.1) is 0 Å². The van der Waals surface area contributed by atoms with Crippen molar-refractivity contribution in [3.05, 3.63) is 24.3 Å². The van der Waals surface area contributed by atoms with Crippen molar-refractivity contribution >= 4 is 0 Å². The fraction of sp³-hybridized carbons (Fsp3) is 0.286. The molecule has 0 fully saturated rings. The van der Waals surface area contributed by atoms with E-state index in [1.54, 1.807) is 0 Å². The zero-order chi connectivity index (χ0) is 9.90. The third-order valence-electron chi connectivity index (χ3n) is 1.10. The molecule has 0 saturated carbocycles. The van der Waals surface area contributed by atoms with Gasteiger partial charge in [-0.05, 0) is 6.07 Å². The van der Waals surface area contributed by atoms with E-state index in [4.69, 9.17) is 0 Å². The highest BCUT2D eigenvalue weighted by atomic mass is 19.4. The maximum Gasteiger partial charge on any atom is 0.422 e. The van der Waals surface area contributed by atoms with E-state index in [1.807, 2.05) is 0 Å². The topological polar surface area (TPSA) is 22.1 Å². The molecule has 0 aliphatic heterocycles. The van der Waals surface area contributed by atoms with Crippen molar-refractivity contribution in [3.63, 3.8) is 0 Å². The van der Waals surface area contributed by atoms with Crippen molar-refractivity contribution in [3.8, 4) is 5.75 Å². The Morgan fingerprint density at radius 1 is 1.38 bits per heavy atom. The number of aromatic nitrogens is 1. The van der Waals surface area contributed by atoms with E-state index >= 15 is 0 Å². The standard InChI is InChI=1S/C7H5F4NO/c8-6-3-5(1-2-12-6)13-4-7(9,10)11/h1-3H,4H2. The summed E-state index contributed by atoms with van der Waals surface area (Å²) in [6.07, 6.45) is -3.39. The van der Waals surface area contributed by atoms with Crippen LogP contribution >= 0.6 is 0 Å². The van der Waals surface area contributed by atoms with Crippen LogP contribution in [0.5, 0.6) is 5.75 Å². The quantitative estimate of drug-likeness (QED) is 0.532. The minimum absolute atomic E-state index is 0.190. The molecule has 0 aromatic carbocycles. The van der Waals surface area contributed by atoms with E-state index in [0.717, 1.165) is 18.3 Å². The van der Waals surface area contributed by atoms with Gasteiger partial charge in [-0.2, -0.15) is 17.6 Å². The highest BCUT2D eigenvalue weighted by molar-refractivity contribution is 5.17. The first-order chi connectivity index (χ1) is 5.97. The van der Waals surface area contributed by atoms with Gasteiger partial charge in [0.2, 0.25) is 5.95 Å². The summed E-state index contributed by atoms with van der Waals surface area (Å²) in [5.74, 6) is -1.07. The normalized spacial score (nSPS) is 11.4. The monoisotopic (exact) mass is 195 g/mol. The first-order valence-electron chi connectivity index (χ1n) is 3.28. The van der Waals surface area contributed by atoms with Crippen molar-refractivity contribution in [1.82, 2.24) is 4.98 Å². The van der Waals surface area contributed by atoms with Crippen LogP contribution in [0, 0.1) is 5.95 Å². The summed E-state index contributed by atoms with van der Waals surface area (Å²) in [6.45, 7) is -1.43. The molecule has 72 valence electrons. The van der Waals surface area contributed by atoms with Gasteiger partial charge in [-0.1, -0.05) is 0 Å². The summed E-state index contributed by atoms with van der Waals surface area (Å²) in [6, 6.07) is 1.93. The van der Waals surface area contributed by atoms with Crippen LogP contribution in [0.1, 0.15) is 0 Å². The molecule has 0 spiro atoms. The minimum Gasteiger partial charge on any atom is -0.484 e. The summed E-state index contributed by atoms with van der Waals surface area (Å²) >= 11 is 0. The molecule has 0 bridgehead atoms. The number of hydrogen-bond donors (Lipinski definition) is 0. The van der Waals surface area contributed by atoms with Crippen molar-refractivity contribution in [2.75, 3.05) is 6.61 Å². The highest BCUT2D eigenvalue weighted by Gasteiger charge is 2.28. The number of rotatable bonds is 2. The minimum atomic E-state index is -4.42. The maximum atomic E-state index is 12.3. The average molecular weight is 195 g/mol. The lowest BCUT2D eigenvalue weighted by Crippen LogP contribution is -2.19. The fourth-order valence-corrected chi connectivity index (χ4v) is 0.640. The Hall–Kier alpha value is -1.33. The Bertz CT molecular complexity index is 286. The van der Waals surface area contributed by atoms with E-state index in [-0.39, 0.29) is 5.75 Å². The number of halogens is 4. The number of pyridine rings is 1. The third-order valence-corrected chi connectivity index (χ3v) is 1.10. The highest BCUT2D eigenvalue weighted by Crippen LogP contribution is 2.17. The summed E-state index contributed by atoms with van der Waals surface area (Å²) in [7, 11) is 0. The van der Waals surface area contributed by atoms with Crippen LogP contribution in [-0.4, -0.2) is 17.8 Å². The van der Waals surface area contributed by atoms with E-state index in [9.17, 15) is 17.6 Å². The summed E-state index contributed by atoms with van der Waals surface area (Å²) < 4.78 is 51.4. The maximum absolute atomic E-state index is 12.3. The summed E-state index contributed by atoms with van der Waals surface area (Å²) in [5.41, 5.74) is 0. The van der Waals surface area contributed by atoms with Crippen LogP contribution in [0.4, 0.5) is 17.6 Å². The van der Waals surface area contributed by atoms with Crippen LogP contribution < -0.4 is 4.74 Å². The molecule has 6 heteroatoms. The molecule has 0 amide bonds. The lowest BCUT2D eigenvalue weighted by molar-refractivity contribution is -0.153. The molecule has 1 rings (SSSR count). The zero-order valence-corrected chi connectivity index (χ0v) is 6.31. The predicted octanol–water partition coefficient (Wildman–Crippen LogP) is 2.16. The first-order valence-corrected chi connectivity index (χ1v) is 3.28. The van der Waals surface area contributed by atoms with E-state index < -0.39 is 18.7 Å². The Morgan fingerprint density at radius 3 is 2.62 bits per heavy atom. The van der Waals surface area contributed by atoms with Gasteiger partial charge < -0.3 is 4.74 Å². The van der Waals surface area contributed by atoms with Crippen LogP contribution in [0.25, 0.3) is 0 Å². The smallest absolute Gasteiger partial charge is 0.422 e. The Balaban J connectivity index is 2.55. The number of hydrogen-bond acceptors (Lipinski definition) is 2. The molecule has 0 saturated heterocycles. The first kappa shape index (κ1) is 9.76. The molecular formula is C7H5F4NO. The van der Waals surface area contributed by atoms with Crippen molar-refractivity contribution in [2.45, 2.75) is 6.18 Å². The van der Waals surface area contributed by atoms with Crippen LogP contribution in [-0.2, 0) is 0 Å². The van der Waals surface area contributed by atoms with Gasteiger partial charge in [0.25, 0.3) is 0 Å². The van der Waals surface area contributed by atoms with Gasteiger partial charge in [-0.25, -0.2) is 4.98 Å². The lowest BCUT2D eigenvalue weighted by Gasteiger charge is -2.08. The molecule has 0 unspecified atom stereocenters. The Labute approximate surface area is 71.2 Å². The van der Waals surface area contributed by atoms with Crippen molar-refractivity contribution in [1.29, 1.82) is 0 Å². The summed E-state index contributed by atoms with van der Waals surface area (Å²) in [4.78, 5) is 3.16. The largest absolute Gasteiger partial charge is 0.484 e. The molecule has 0 N–H and O–H groups in total. The van der Waals surface area contributed by atoms with Gasteiger partial charge in [-0.3, -0.25) is 0 Å². The van der Waals surface area contributed by atoms with Crippen molar-refractivity contribution in [2.24, 2.45) is 0 Å². The van der Waals surface area contributed by atoms with E-state index in [1.165, 1.54) is 0 Å². The van der Waals surface area contributed by atoms with Gasteiger partial charge in [0.1, 0.15) is 5.75 Å². The van der Waals surface area contributed by atoms with Crippen LogP contribution in [0.15, 0.2) is 18.3 Å². The summed E-state index contributed by atoms with van der Waals surface area (Å²) in [5, 5.41) is 0. The molecule has 0 aliphatic rings. The molecule has 2 nitrogen and oxygen atoms in total. The fourth-order valence-electron chi connectivity index (χ4n) is 0.640. The second-order valence-electron chi connectivity index (χ2n) is 2.22. The molecule has 0 atom stereocenters. The molecule has 1 heterocycles.